The summed E-state index contributed by atoms with van der Waals surface area (Å²) in [5.74, 6) is -0.996. The number of benzene rings is 1. The maximum atomic E-state index is 13.8. The summed E-state index contributed by atoms with van der Waals surface area (Å²) in [5, 5.41) is 6.90. The average molecular weight is 370 g/mol. The van der Waals surface area contributed by atoms with Crippen molar-refractivity contribution in [3.05, 3.63) is 52.6 Å². The Morgan fingerprint density at radius 2 is 1.96 bits per heavy atom. The van der Waals surface area contributed by atoms with E-state index in [1.807, 2.05) is 24.6 Å². The number of aromatic nitrogens is 2. The van der Waals surface area contributed by atoms with Gasteiger partial charge >= 0.3 is 12.2 Å². The third kappa shape index (κ3) is 3.66. The van der Waals surface area contributed by atoms with Crippen molar-refractivity contribution >= 4 is 6.03 Å². The number of hydrogen-bond acceptors (Lipinski definition) is 2. The Morgan fingerprint density at radius 3 is 2.50 bits per heavy atom. The molecule has 1 aliphatic rings. The van der Waals surface area contributed by atoms with Crippen LogP contribution in [0.3, 0.4) is 0 Å². The number of carbonyl (C=O) groups excluding carboxylic acids is 1. The van der Waals surface area contributed by atoms with Crippen LogP contribution in [0.1, 0.15) is 28.6 Å². The maximum absolute atomic E-state index is 13.8. The van der Waals surface area contributed by atoms with Crippen LogP contribution >= 0.6 is 0 Å². The average Bonchev–Trinajstić information content (AvgIpc) is 2.82. The number of carbonyl (C=O) groups is 1. The molecule has 0 radical (unpaired) electrons. The highest BCUT2D eigenvalue weighted by atomic mass is 19.4. The van der Waals surface area contributed by atoms with Gasteiger partial charge in [-0.25, -0.2) is 9.18 Å². The molecule has 1 N–H and O–H groups in total. The number of amides is 2. The number of likely N-dealkylation sites (tertiary alicyclic amines) is 1. The van der Waals surface area contributed by atoms with Crippen LogP contribution in [0, 0.1) is 19.7 Å². The normalized spacial score (nSPS) is 15.1. The maximum Gasteiger partial charge on any atom is 0.416 e. The van der Waals surface area contributed by atoms with Gasteiger partial charge in [0, 0.05) is 30.9 Å². The first-order chi connectivity index (χ1) is 12.1. The van der Waals surface area contributed by atoms with Gasteiger partial charge in [0.1, 0.15) is 5.82 Å². The molecule has 26 heavy (non-hydrogen) atoms. The Balaban J connectivity index is 1.53. The fourth-order valence-electron chi connectivity index (χ4n) is 2.94. The lowest BCUT2D eigenvalue weighted by Gasteiger charge is -2.39. The van der Waals surface area contributed by atoms with Gasteiger partial charge in [0.2, 0.25) is 0 Å². The summed E-state index contributed by atoms with van der Waals surface area (Å²) in [7, 11) is 0. The standard InChI is InChI=1S/C17H18F4N4O/c1-10-5-11(2)25(23-10)14-8-24(9-14)16(26)22-7-12-3-4-13(6-15(12)18)17(19,20)21/h3-6,14H,7-9H2,1-2H3,(H,22,26). The van der Waals surface area contributed by atoms with Crippen LogP contribution in [0.25, 0.3) is 0 Å². The molecule has 3 rings (SSSR count). The topological polar surface area (TPSA) is 50.2 Å². The van der Waals surface area contributed by atoms with E-state index in [1.165, 1.54) is 0 Å². The fourth-order valence-corrected chi connectivity index (χ4v) is 2.94. The van der Waals surface area contributed by atoms with Gasteiger partial charge in [-0.05, 0) is 32.0 Å². The summed E-state index contributed by atoms with van der Waals surface area (Å²) in [5.41, 5.74) is 0.866. The van der Waals surface area contributed by atoms with Gasteiger partial charge in [-0.15, -0.1) is 0 Å². The molecule has 2 amide bonds. The molecule has 1 aliphatic heterocycles. The molecule has 2 aromatic rings. The molecule has 5 nitrogen and oxygen atoms in total. The lowest BCUT2D eigenvalue weighted by atomic mass is 10.1. The van der Waals surface area contributed by atoms with Crippen molar-refractivity contribution in [2.75, 3.05) is 13.1 Å². The Bertz CT molecular complexity index is 825. The molecule has 9 heteroatoms. The van der Waals surface area contributed by atoms with Crippen molar-refractivity contribution in [3.63, 3.8) is 0 Å². The van der Waals surface area contributed by atoms with Crippen LogP contribution in [0.5, 0.6) is 0 Å². The van der Waals surface area contributed by atoms with Gasteiger partial charge in [-0.2, -0.15) is 18.3 Å². The molecule has 0 spiro atoms. The molecular weight excluding hydrogens is 352 g/mol. The number of nitrogens with one attached hydrogen (secondary N) is 1. The van der Waals surface area contributed by atoms with E-state index < -0.39 is 17.6 Å². The van der Waals surface area contributed by atoms with E-state index in [-0.39, 0.29) is 24.2 Å². The Labute approximate surface area is 147 Å². The van der Waals surface area contributed by atoms with Crippen molar-refractivity contribution in [1.82, 2.24) is 20.0 Å². The molecule has 1 aromatic heterocycles. The monoisotopic (exact) mass is 370 g/mol. The molecule has 0 aliphatic carbocycles. The van der Waals surface area contributed by atoms with Crippen molar-refractivity contribution < 1.29 is 22.4 Å². The minimum atomic E-state index is -4.60. The van der Waals surface area contributed by atoms with Crippen molar-refractivity contribution in [2.45, 2.75) is 32.6 Å². The molecule has 0 saturated carbocycles. The molecule has 140 valence electrons. The quantitative estimate of drug-likeness (QED) is 0.842. The smallest absolute Gasteiger partial charge is 0.334 e. The molecule has 2 heterocycles. The van der Waals surface area contributed by atoms with Crippen molar-refractivity contribution in [3.8, 4) is 0 Å². The SMILES string of the molecule is Cc1cc(C)n(C2CN(C(=O)NCc3ccc(C(F)(F)F)cc3F)C2)n1. The number of alkyl halides is 3. The molecule has 0 atom stereocenters. The molecule has 1 fully saturated rings. The highest BCUT2D eigenvalue weighted by Crippen LogP contribution is 2.30. The van der Waals surface area contributed by atoms with E-state index in [9.17, 15) is 22.4 Å². The molecular formula is C17H18F4N4O. The zero-order valence-corrected chi connectivity index (χ0v) is 14.3. The summed E-state index contributed by atoms with van der Waals surface area (Å²) in [6.07, 6.45) is -4.60. The van der Waals surface area contributed by atoms with Gasteiger partial charge in [-0.1, -0.05) is 6.07 Å². The van der Waals surface area contributed by atoms with E-state index >= 15 is 0 Å². The number of hydrogen-bond donors (Lipinski definition) is 1. The summed E-state index contributed by atoms with van der Waals surface area (Å²) in [6.45, 7) is 4.61. The predicted octanol–water partition coefficient (Wildman–Crippen LogP) is 3.42. The van der Waals surface area contributed by atoms with E-state index in [1.54, 1.807) is 4.90 Å². The molecule has 0 unspecified atom stereocenters. The van der Waals surface area contributed by atoms with E-state index in [4.69, 9.17) is 0 Å². The van der Waals surface area contributed by atoms with Crippen molar-refractivity contribution in [1.29, 1.82) is 0 Å². The second-order valence-corrected chi connectivity index (χ2v) is 6.39. The fraction of sp³-hybridized carbons (Fsp3) is 0.412. The van der Waals surface area contributed by atoms with Crippen LogP contribution in [-0.4, -0.2) is 33.8 Å². The van der Waals surface area contributed by atoms with E-state index in [2.05, 4.69) is 10.4 Å². The third-order valence-electron chi connectivity index (χ3n) is 4.35. The lowest BCUT2D eigenvalue weighted by molar-refractivity contribution is -0.137. The zero-order chi connectivity index (χ0) is 19.1. The Morgan fingerprint density at radius 1 is 1.27 bits per heavy atom. The first-order valence-corrected chi connectivity index (χ1v) is 8.06. The van der Waals surface area contributed by atoms with Gasteiger partial charge < -0.3 is 10.2 Å². The van der Waals surface area contributed by atoms with Crippen LogP contribution in [-0.2, 0) is 12.7 Å². The van der Waals surface area contributed by atoms with Gasteiger partial charge in [0.05, 0.1) is 17.3 Å². The number of nitrogens with zero attached hydrogens (tertiary/aromatic N) is 3. The lowest BCUT2D eigenvalue weighted by Crippen LogP contribution is -2.54. The summed E-state index contributed by atoms with van der Waals surface area (Å²) >= 11 is 0. The Hall–Kier alpha value is -2.58. The van der Waals surface area contributed by atoms with Gasteiger partial charge in [-0.3, -0.25) is 4.68 Å². The molecule has 1 aromatic carbocycles. The highest BCUT2D eigenvalue weighted by Gasteiger charge is 2.33. The largest absolute Gasteiger partial charge is 0.416 e. The predicted molar refractivity (Wildman–Crippen MR) is 85.9 cm³/mol. The third-order valence-corrected chi connectivity index (χ3v) is 4.35. The zero-order valence-electron chi connectivity index (χ0n) is 14.3. The van der Waals surface area contributed by atoms with Crippen LogP contribution in [0.4, 0.5) is 22.4 Å². The minimum Gasteiger partial charge on any atom is -0.334 e. The first-order valence-electron chi connectivity index (χ1n) is 8.06. The first kappa shape index (κ1) is 18.2. The number of halogens is 4. The number of aryl methyl sites for hydroxylation is 2. The summed E-state index contributed by atoms with van der Waals surface area (Å²) < 4.78 is 53.2. The number of urea groups is 1. The minimum absolute atomic E-state index is 0.00182. The highest BCUT2D eigenvalue weighted by molar-refractivity contribution is 5.75. The van der Waals surface area contributed by atoms with Gasteiger partial charge in [0.25, 0.3) is 0 Å². The molecule has 0 bridgehead atoms. The number of rotatable bonds is 3. The van der Waals surface area contributed by atoms with Crippen molar-refractivity contribution in [2.24, 2.45) is 0 Å². The molecule has 1 saturated heterocycles. The van der Waals surface area contributed by atoms with Crippen LogP contribution < -0.4 is 5.32 Å². The van der Waals surface area contributed by atoms with Gasteiger partial charge in [0.15, 0.2) is 0 Å². The second kappa shape index (κ2) is 6.62. The summed E-state index contributed by atoms with van der Waals surface area (Å²) in [6, 6.07) is 3.93. The summed E-state index contributed by atoms with van der Waals surface area (Å²) in [4.78, 5) is 13.6. The van der Waals surface area contributed by atoms with E-state index in [0.29, 0.717) is 19.2 Å². The van der Waals surface area contributed by atoms with Crippen LogP contribution in [0.2, 0.25) is 0 Å². The Kier molecular flexibility index (Phi) is 4.64. The second-order valence-electron chi connectivity index (χ2n) is 6.39. The van der Waals surface area contributed by atoms with Crippen LogP contribution in [0.15, 0.2) is 24.3 Å². The van der Waals surface area contributed by atoms with E-state index in [0.717, 1.165) is 23.5 Å².